The molecule has 4 rings (SSSR count). The highest BCUT2D eigenvalue weighted by Crippen LogP contribution is 2.36. The van der Waals surface area contributed by atoms with Gasteiger partial charge in [-0.3, -0.25) is 9.59 Å². The van der Waals surface area contributed by atoms with E-state index in [2.05, 4.69) is 10.3 Å². The molecule has 0 aliphatic heterocycles. The van der Waals surface area contributed by atoms with Crippen molar-refractivity contribution in [1.29, 1.82) is 0 Å². The Morgan fingerprint density at radius 1 is 0.963 bits per heavy atom. The molecule has 5 nitrogen and oxygen atoms in total. The number of hydrogen-bond acceptors (Lipinski definition) is 2. The number of carbonyl (C=O) groups is 2. The molecule has 3 N–H and O–H groups in total. The van der Waals surface area contributed by atoms with Gasteiger partial charge in [-0.25, -0.2) is 0 Å². The fourth-order valence-electron chi connectivity index (χ4n) is 3.90. The van der Waals surface area contributed by atoms with Crippen molar-refractivity contribution in [3.8, 4) is 0 Å². The van der Waals surface area contributed by atoms with Gasteiger partial charge in [-0.15, -0.1) is 0 Å². The van der Waals surface area contributed by atoms with Crippen molar-refractivity contribution in [3.63, 3.8) is 0 Å². The standard InChI is InChI=1S/C22H22N2O3/c25-21(18-6-3-16-11-12-23-20(16)13-18)24-19-9-7-15(8-10-19)14-1-4-17(5-2-14)22(26)27/h3,6-14,17,23H,1-2,4-5H2,(H,24,25)(H,26,27). The van der Waals surface area contributed by atoms with Gasteiger partial charge in [0, 0.05) is 23.0 Å². The summed E-state index contributed by atoms with van der Waals surface area (Å²) in [5.74, 6) is -0.609. The molecule has 0 bridgehead atoms. The second kappa shape index (κ2) is 7.27. The smallest absolute Gasteiger partial charge is 0.306 e. The third kappa shape index (κ3) is 3.72. The highest BCUT2D eigenvalue weighted by Gasteiger charge is 2.26. The summed E-state index contributed by atoms with van der Waals surface area (Å²) in [5.41, 5.74) is 3.52. The lowest BCUT2D eigenvalue weighted by Gasteiger charge is -2.26. The molecule has 0 saturated heterocycles. The number of aromatic nitrogens is 1. The second-order valence-corrected chi connectivity index (χ2v) is 7.24. The van der Waals surface area contributed by atoms with E-state index in [1.165, 1.54) is 5.56 Å². The summed E-state index contributed by atoms with van der Waals surface area (Å²) in [5, 5.41) is 13.1. The van der Waals surface area contributed by atoms with Gasteiger partial charge in [0.15, 0.2) is 0 Å². The Balaban J connectivity index is 1.40. The molecule has 1 heterocycles. The highest BCUT2D eigenvalue weighted by atomic mass is 16.4. The Morgan fingerprint density at radius 2 is 1.70 bits per heavy atom. The van der Waals surface area contributed by atoms with E-state index in [9.17, 15) is 9.59 Å². The first-order chi connectivity index (χ1) is 13.1. The number of H-pyrrole nitrogens is 1. The average Bonchev–Trinajstić information content (AvgIpc) is 3.16. The van der Waals surface area contributed by atoms with Gasteiger partial charge in [-0.1, -0.05) is 18.2 Å². The number of anilines is 1. The number of fused-ring (bicyclic) bond motifs is 1. The Bertz CT molecular complexity index is 967. The van der Waals surface area contributed by atoms with Crippen LogP contribution in [0.15, 0.2) is 54.7 Å². The first-order valence-corrected chi connectivity index (χ1v) is 9.31. The Kier molecular flexibility index (Phi) is 4.67. The third-order valence-electron chi connectivity index (χ3n) is 5.53. The molecule has 2 aromatic carbocycles. The summed E-state index contributed by atoms with van der Waals surface area (Å²) in [4.78, 5) is 26.7. The van der Waals surface area contributed by atoms with Gasteiger partial charge in [-0.05, 0) is 72.9 Å². The quantitative estimate of drug-likeness (QED) is 0.625. The molecule has 1 aliphatic rings. The molecule has 0 spiro atoms. The number of carbonyl (C=O) groups excluding carboxylic acids is 1. The summed E-state index contributed by atoms with van der Waals surface area (Å²) in [6.45, 7) is 0. The van der Waals surface area contributed by atoms with Crippen LogP contribution in [0, 0.1) is 5.92 Å². The number of aliphatic carboxylic acids is 1. The van der Waals surface area contributed by atoms with E-state index in [1.54, 1.807) is 0 Å². The van der Waals surface area contributed by atoms with Crippen LogP contribution in [0.5, 0.6) is 0 Å². The molecule has 0 atom stereocenters. The van der Waals surface area contributed by atoms with E-state index in [0.717, 1.165) is 42.3 Å². The summed E-state index contributed by atoms with van der Waals surface area (Å²) < 4.78 is 0. The fourth-order valence-corrected chi connectivity index (χ4v) is 3.90. The third-order valence-corrected chi connectivity index (χ3v) is 5.53. The van der Waals surface area contributed by atoms with Gasteiger partial charge in [0.1, 0.15) is 0 Å². The number of aromatic amines is 1. The van der Waals surface area contributed by atoms with Gasteiger partial charge in [0.25, 0.3) is 5.91 Å². The maximum absolute atomic E-state index is 12.5. The predicted molar refractivity (Wildman–Crippen MR) is 105 cm³/mol. The average molecular weight is 362 g/mol. The lowest BCUT2D eigenvalue weighted by Crippen LogP contribution is -2.20. The molecule has 1 saturated carbocycles. The second-order valence-electron chi connectivity index (χ2n) is 7.24. The topological polar surface area (TPSA) is 82.2 Å². The maximum atomic E-state index is 12.5. The lowest BCUT2D eigenvalue weighted by atomic mass is 9.79. The van der Waals surface area contributed by atoms with Crippen LogP contribution in [-0.2, 0) is 4.79 Å². The molecule has 1 amide bonds. The van der Waals surface area contributed by atoms with Crippen molar-refractivity contribution < 1.29 is 14.7 Å². The number of carboxylic acids is 1. The Morgan fingerprint density at radius 3 is 2.41 bits per heavy atom. The number of benzene rings is 2. The fraction of sp³-hybridized carbons (Fsp3) is 0.273. The monoisotopic (exact) mass is 362 g/mol. The first-order valence-electron chi connectivity index (χ1n) is 9.31. The molecule has 3 aromatic rings. The van der Waals surface area contributed by atoms with Gasteiger partial charge in [0.2, 0.25) is 0 Å². The zero-order valence-electron chi connectivity index (χ0n) is 14.9. The maximum Gasteiger partial charge on any atom is 0.306 e. The van der Waals surface area contributed by atoms with Crippen LogP contribution in [-0.4, -0.2) is 22.0 Å². The van der Waals surface area contributed by atoms with Crippen LogP contribution in [0.2, 0.25) is 0 Å². The first kappa shape index (κ1) is 17.3. The molecular weight excluding hydrogens is 340 g/mol. The van der Waals surface area contributed by atoms with E-state index in [4.69, 9.17) is 5.11 Å². The molecule has 1 aromatic heterocycles. The molecule has 138 valence electrons. The molecule has 5 heteroatoms. The summed E-state index contributed by atoms with van der Waals surface area (Å²) >= 11 is 0. The van der Waals surface area contributed by atoms with Crippen molar-refractivity contribution in [3.05, 3.63) is 65.9 Å². The van der Waals surface area contributed by atoms with Crippen LogP contribution in [0.25, 0.3) is 10.9 Å². The van der Waals surface area contributed by atoms with Gasteiger partial charge < -0.3 is 15.4 Å². The minimum absolute atomic E-state index is 0.138. The van der Waals surface area contributed by atoms with Crippen LogP contribution in [0.4, 0.5) is 5.69 Å². The van der Waals surface area contributed by atoms with E-state index < -0.39 is 5.97 Å². The van der Waals surface area contributed by atoms with E-state index in [1.807, 2.05) is 54.7 Å². The van der Waals surface area contributed by atoms with Crippen molar-refractivity contribution in [2.24, 2.45) is 5.92 Å². The van der Waals surface area contributed by atoms with Crippen LogP contribution < -0.4 is 5.32 Å². The van der Waals surface area contributed by atoms with Crippen molar-refractivity contribution in [2.75, 3.05) is 5.32 Å². The largest absolute Gasteiger partial charge is 0.481 e. The van der Waals surface area contributed by atoms with E-state index >= 15 is 0 Å². The summed E-state index contributed by atoms with van der Waals surface area (Å²) in [6.07, 6.45) is 5.13. The Labute approximate surface area is 157 Å². The van der Waals surface area contributed by atoms with Crippen LogP contribution in [0.1, 0.15) is 47.5 Å². The number of amides is 1. The molecule has 1 aliphatic carbocycles. The zero-order chi connectivity index (χ0) is 18.8. The van der Waals surface area contributed by atoms with E-state index in [0.29, 0.717) is 11.5 Å². The number of carboxylic acid groups (broad SMARTS) is 1. The summed E-state index contributed by atoms with van der Waals surface area (Å²) in [6, 6.07) is 15.5. The molecular formula is C22H22N2O3. The lowest BCUT2D eigenvalue weighted by molar-refractivity contribution is -0.142. The van der Waals surface area contributed by atoms with Gasteiger partial charge >= 0.3 is 5.97 Å². The molecule has 1 fully saturated rings. The van der Waals surface area contributed by atoms with Crippen molar-refractivity contribution in [2.45, 2.75) is 31.6 Å². The van der Waals surface area contributed by atoms with Crippen molar-refractivity contribution >= 4 is 28.5 Å². The predicted octanol–water partition coefficient (Wildman–Crippen LogP) is 4.78. The van der Waals surface area contributed by atoms with Crippen molar-refractivity contribution in [1.82, 2.24) is 4.98 Å². The molecule has 0 unspecified atom stereocenters. The van der Waals surface area contributed by atoms with Crippen LogP contribution >= 0.6 is 0 Å². The van der Waals surface area contributed by atoms with Gasteiger partial charge in [0.05, 0.1) is 5.92 Å². The minimum atomic E-state index is -0.677. The molecule has 0 radical (unpaired) electrons. The zero-order valence-corrected chi connectivity index (χ0v) is 14.9. The number of rotatable bonds is 4. The normalized spacial score (nSPS) is 19.7. The Hall–Kier alpha value is -3.08. The van der Waals surface area contributed by atoms with Crippen LogP contribution in [0.3, 0.4) is 0 Å². The highest BCUT2D eigenvalue weighted by molar-refractivity contribution is 6.06. The number of hydrogen-bond donors (Lipinski definition) is 3. The minimum Gasteiger partial charge on any atom is -0.481 e. The SMILES string of the molecule is O=C(Nc1ccc(C2CCC(C(=O)O)CC2)cc1)c1ccc2cc[nH]c2c1. The summed E-state index contributed by atoms with van der Waals surface area (Å²) in [7, 11) is 0. The van der Waals surface area contributed by atoms with E-state index in [-0.39, 0.29) is 11.8 Å². The van der Waals surface area contributed by atoms with Gasteiger partial charge in [-0.2, -0.15) is 0 Å². The molecule has 27 heavy (non-hydrogen) atoms. The number of nitrogens with one attached hydrogen (secondary N) is 2.